The molecule has 0 saturated carbocycles. The zero-order valence-corrected chi connectivity index (χ0v) is 14.0. The Kier molecular flexibility index (Phi) is 4.43. The molecule has 0 amide bonds. The number of hydrogen-bond acceptors (Lipinski definition) is 3. The van der Waals surface area contributed by atoms with E-state index >= 15 is 0 Å². The lowest BCUT2D eigenvalue weighted by atomic mass is 10.2. The smallest absolute Gasteiger partial charge is 0.203 e. The second-order valence-electron chi connectivity index (χ2n) is 4.78. The lowest BCUT2D eigenvalue weighted by Crippen LogP contribution is -2.08. The van der Waals surface area contributed by atoms with E-state index in [-0.39, 0.29) is 0 Å². The molecule has 0 fully saturated rings. The van der Waals surface area contributed by atoms with Gasteiger partial charge in [-0.3, -0.25) is 0 Å². The van der Waals surface area contributed by atoms with Gasteiger partial charge in [0.25, 0.3) is 0 Å². The molecule has 5 heteroatoms. The third-order valence-electron chi connectivity index (χ3n) is 3.32. The summed E-state index contributed by atoms with van der Waals surface area (Å²) < 4.78 is 25.1. The van der Waals surface area contributed by atoms with E-state index in [0.717, 1.165) is 10.5 Å². The minimum Gasteiger partial charge on any atom is -0.219 e. The summed E-state index contributed by atoms with van der Waals surface area (Å²) in [6.45, 7) is 0. The van der Waals surface area contributed by atoms with Gasteiger partial charge in [0.1, 0.15) is 0 Å². The van der Waals surface area contributed by atoms with E-state index in [4.69, 9.17) is 11.6 Å². The van der Waals surface area contributed by atoms with Crippen LogP contribution in [0.3, 0.4) is 0 Å². The van der Waals surface area contributed by atoms with Crippen molar-refractivity contribution < 1.29 is 8.42 Å². The molecular formula is C17H13ClO2S2. The maximum Gasteiger partial charge on any atom is 0.203 e. The number of benzene rings is 2. The molecule has 0 atom stereocenters. The highest BCUT2D eigenvalue weighted by Gasteiger charge is 2.22. The molecular weight excluding hydrogens is 336 g/mol. The van der Waals surface area contributed by atoms with Gasteiger partial charge < -0.3 is 0 Å². The molecule has 1 aliphatic heterocycles. The molecule has 22 heavy (non-hydrogen) atoms. The van der Waals surface area contributed by atoms with E-state index < -0.39 is 9.84 Å². The van der Waals surface area contributed by atoms with Gasteiger partial charge in [0.15, 0.2) is 0 Å². The fourth-order valence-electron chi connectivity index (χ4n) is 2.13. The summed E-state index contributed by atoms with van der Waals surface area (Å²) in [5.41, 5.74) is 1.04. The normalized spacial score (nSPS) is 15.1. The van der Waals surface area contributed by atoms with Crippen molar-refractivity contribution in [3.05, 3.63) is 82.2 Å². The van der Waals surface area contributed by atoms with E-state index in [0.29, 0.717) is 20.6 Å². The van der Waals surface area contributed by atoms with Crippen LogP contribution in [0.25, 0.3) is 4.91 Å². The second kappa shape index (κ2) is 6.32. The highest BCUT2D eigenvalue weighted by atomic mass is 35.5. The van der Waals surface area contributed by atoms with Crippen LogP contribution in [-0.2, 0) is 9.84 Å². The van der Waals surface area contributed by atoms with Crippen molar-refractivity contribution in [2.24, 2.45) is 0 Å². The van der Waals surface area contributed by atoms with Crippen LogP contribution < -0.4 is 0 Å². The quantitative estimate of drug-likeness (QED) is 0.800. The van der Waals surface area contributed by atoms with Crippen LogP contribution in [0, 0.1) is 0 Å². The van der Waals surface area contributed by atoms with E-state index in [2.05, 4.69) is 0 Å². The number of thioether (sulfide) groups is 1. The summed E-state index contributed by atoms with van der Waals surface area (Å²) in [6, 6.07) is 16.1. The van der Waals surface area contributed by atoms with Gasteiger partial charge in [-0.1, -0.05) is 41.9 Å². The van der Waals surface area contributed by atoms with Gasteiger partial charge in [-0.2, -0.15) is 0 Å². The third-order valence-corrected chi connectivity index (χ3v) is 6.75. The first-order valence-electron chi connectivity index (χ1n) is 6.67. The molecule has 2 aromatic rings. The van der Waals surface area contributed by atoms with E-state index in [1.165, 1.54) is 11.8 Å². The van der Waals surface area contributed by atoms with Gasteiger partial charge in [0.05, 0.1) is 9.80 Å². The van der Waals surface area contributed by atoms with E-state index in [1.54, 1.807) is 30.3 Å². The SMILES string of the molecule is O=S(=O)(C1=CC=C(c2ccc(Cl)cc2)SC1)c1ccccc1. The van der Waals surface area contributed by atoms with Crippen molar-refractivity contribution in [3.8, 4) is 0 Å². The van der Waals surface area contributed by atoms with Crippen molar-refractivity contribution in [1.82, 2.24) is 0 Å². The van der Waals surface area contributed by atoms with Crippen LogP contribution in [0.1, 0.15) is 5.56 Å². The second-order valence-corrected chi connectivity index (χ2v) is 8.23. The number of rotatable bonds is 3. The van der Waals surface area contributed by atoms with Gasteiger partial charge in [-0.15, -0.1) is 11.8 Å². The maximum absolute atomic E-state index is 12.5. The Hall–Kier alpha value is -1.49. The molecule has 1 heterocycles. The summed E-state index contributed by atoms with van der Waals surface area (Å²) in [5.74, 6) is 0.436. The molecule has 2 aromatic carbocycles. The summed E-state index contributed by atoms with van der Waals surface area (Å²) in [5, 5.41) is 0.688. The first-order chi connectivity index (χ1) is 10.6. The van der Waals surface area contributed by atoms with E-state index in [9.17, 15) is 8.42 Å². The van der Waals surface area contributed by atoms with Crippen LogP contribution in [0.2, 0.25) is 5.02 Å². The molecule has 0 N–H and O–H groups in total. The Morgan fingerprint density at radius 2 is 1.59 bits per heavy atom. The highest BCUT2D eigenvalue weighted by Crippen LogP contribution is 2.36. The predicted molar refractivity (Wildman–Crippen MR) is 93.6 cm³/mol. The van der Waals surface area contributed by atoms with Crippen LogP contribution in [0.4, 0.5) is 0 Å². The molecule has 0 radical (unpaired) electrons. The lowest BCUT2D eigenvalue weighted by molar-refractivity contribution is 0.602. The van der Waals surface area contributed by atoms with Crippen LogP contribution in [-0.4, -0.2) is 14.2 Å². The van der Waals surface area contributed by atoms with Gasteiger partial charge in [-0.25, -0.2) is 8.42 Å². The molecule has 112 valence electrons. The van der Waals surface area contributed by atoms with Crippen LogP contribution in [0.5, 0.6) is 0 Å². The van der Waals surface area contributed by atoms with E-state index in [1.807, 2.05) is 36.4 Å². The average Bonchev–Trinajstić information content (AvgIpc) is 2.56. The standard InChI is InChI=1S/C17H13ClO2S2/c18-14-8-6-13(7-9-14)17-11-10-16(12-21-17)22(19,20)15-4-2-1-3-5-15/h1-11H,12H2. The van der Waals surface area contributed by atoms with Gasteiger partial charge in [0.2, 0.25) is 9.84 Å². The molecule has 0 spiro atoms. The largest absolute Gasteiger partial charge is 0.219 e. The molecule has 0 aliphatic carbocycles. The maximum atomic E-state index is 12.5. The summed E-state index contributed by atoms with van der Waals surface area (Å²) in [7, 11) is -3.40. The molecule has 0 bridgehead atoms. The molecule has 1 aliphatic rings. The Labute approximate surface area is 139 Å². The van der Waals surface area contributed by atoms with Crippen LogP contribution in [0.15, 0.2) is 76.5 Å². The molecule has 3 rings (SSSR count). The Bertz CT molecular complexity index is 836. The fourth-order valence-corrected chi connectivity index (χ4v) is 4.98. The topological polar surface area (TPSA) is 34.1 Å². The Morgan fingerprint density at radius 1 is 0.909 bits per heavy atom. The monoisotopic (exact) mass is 348 g/mol. The Morgan fingerprint density at radius 3 is 2.18 bits per heavy atom. The first-order valence-corrected chi connectivity index (χ1v) is 9.52. The lowest BCUT2D eigenvalue weighted by Gasteiger charge is -2.15. The van der Waals surface area contributed by atoms with Crippen molar-refractivity contribution >= 4 is 38.1 Å². The molecule has 0 saturated heterocycles. The minimum absolute atomic E-state index is 0.338. The average molecular weight is 349 g/mol. The molecule has 0 unspecified atom stereocenters. The summed E-state index contributed by atoms with van der Waals surface area (Å²) >= 11 is 7.41. The number of halogens is 1. The van der Waals surface area contributed by atoms with Crippen molar-refractivity contribution in [1.29, 1.82) is 0 Å². The van der Waals surface area contributed by atoms with Gasteiger partial charge >= 0.3 is 0 Å². The predicted octanol–water partition coefficient (Wildman–Crippen LogP) is 4.79. The summed E-state index contributed by atoms with van der Waals surface area (Å²) in [4.78, 5) is 1.82. The molecule has 2 nitrogen and oxygen atoms in total. The zero-order valence-electron chi connectivity index (χ0n) is 11.6. The van der Waals surface area contributed by atoms with Crippen molar-refractivity contribution in [2.45, 2.75) is 4.90 Å². The first kappa shape index (κ1) is 15.4. The molecule has 0 aromatic heterocycles. The minimum atomic E-state index is -3.40. The number of allylic oxidation sites excluding steroid dienone is 2. The van der Waals surface area contributed by atoms with Crippen molar-refractivity contribution in [3.63, 3.8) is 0 Å². The fraction of sp³-hybridized carbons (Fsp3) is 0.0588. The van der Waals surface area contributed by atoms with Gasteiger partial charge in [-0.05, 0) is 42.0 Å². The third kappa shape index (κ3) is 3.14. The number of sulfone groups is 1. The number of hydrogen-bond donors (Lipinski definition) is 0. The highest BCUT2D eigenvalue weighted by molar-refractivity contribution is 8.09. The Balaban J connectivity index is 1.91. The van der Waals surface area contributed by atoms with Crippen LogP contribution >= 0.6 is 23.4 Å². The van der Waals surface area contributed by atoms with Crippen molar-refractivity contribution in [2.75, 3.05) is 5.75 Å². The zero-order chi connectivity index (χ0) is 15.6. The summed E-state index contributed by atoms with van der Waals surface area (Å²) in [6.07, 6.45) is 3.55. The van der Waals surface area contributed by atoms with Gasteiger partial charge in [0, 0.05) is 15.7 Å².